The van der Waals surface area contributed by atoms with Gasteiger partial charge in [-0.3, -0.25) is 0 Å². The first-order valence-corrected chi connectivity index (χ1v) is 6.99. The molecule has 0 saturated heterocycles. The highest BCUT2D eigenvalue weighted by atomic mass is 32.2. The standard InChI is InChI=1S/C7H13N3S3/c1-5(3-8)4-12-7-10-9-6(11-2)13-7/h5H,3-4,8H2,1-2H3. The van der Waals surface area contributed by atoms with Crippen LogP contribution in [-0.4, -0.2) is 28.8 Å². The molecule has 74 valence electrons. The van der Waals surface area contributed by atoms with Gasteiger partial charge < -0.3 is 5.73 Å². The van der Waals surface area contributed by atoms with Gasteiger partial charge in [0.1, 0.15) is 0 Å². The van der Waals surface area contributed by atoms with Crippen LogP contribution in [0.1, 0.15) is 6.92 Å². The monoisotopic (exact) mass is 235 g/mol. The first-order chi connectivity index (χ1) is 6.26. The van der Waals surface area contributed by atoms with E-state index in [1.807, 2.05) is 6.26 Å². The van der Waals surface area contributed by atoms with Gasteiger partial charge in [0.05, 0.1) is 0 Å². The van der Waals surface area contributed by atoms with Gasteiger partial charge in [-0.25, -0.2) is 0 Å². The van der Waals surface area contributed by atoms with Crippen molar-refractivity contribution in [1.82, 2.24) is 10.2 Å². The maximum absolute atomic E-state index is 5.52. The molecule has 0 aromatic carbocycles. The maximum atomic E-state index is 5.52. The molecule has 1 rings (SSSR count). The van der Waals surface area contributed by atoms with Crippen LogP contribution < -0.4 is 5.73 Å². The Morgan fingerprint density at radius 1 is 1.46 bits per heavy atom. The fraction of sp³-hybridized carbons (Fsp3) is 0.714. The minimum absolute atomic E-state index is 0.548. The van der Waals surface area contributed by atoms with Crippen LogP contribution in [0.25, 0.3) is 0 Å². The van der Waals surface area contributed by atoms with E-state index >= 15 is 0 Å². The van der Waals surface area contributed by atoms with E-state index in [2.05, 4.69) is 17.1 Å². The van der Waals surface area contributed by atoms with Crippen LogP contribution in [0, 0.1) is 5.92 Å². The number of hydrogen-bond acceptors (Lipinski definition) is 6. The molecule has 0 aliphatic rings. The first-order valence-electron chi connectivity index (χ1n) is 3.96. The second-order valence-electron chi connectivity index (χ2n) is 2.69. The molecular formula is C7H13N3S3. The van der Waals surface area contributed by atoms with Gasteiger partial charge in [-0.05, 0) is 18.7 Å². The van der Waals surface area contributed by atoms with Crippen LogP contribution in [-0.2, 0) is 0 Å². The highest BCUT2D eigenvalue weighted by Crippen LogP contribution is 2.28. The zero-order valence-electron chi connectivity index (χ0n) is 7.69. The number of hydrogen-bond donors (Lipinski definition) is 1. The van der Waals surface area contributed by atoms with Gasteiger partial charge in [-0.1, -0.05) is 41.8 Å². The van der Waals surface area contributed by atoms with E-state index in [4.69, 9.17) is 5.73 Å². The molecule has 2 N–H and O–H groups in total. The molecule has 0 spiro atoms. The smallest absolute Gasteiger partial charge is 0.175 e. The average Bonchev–Trinajstić information content (AvgIpc) is 2.61. The van der Waals surface area contributed by atoms with Crippen molar-refractivity contribution in [3.63, 3.8) is 0 Å². The van der Waals surface area contributed by atoms with Crippen LogP contribution in [0.2, 0.25) is 0 Å². The van der Waals surface area contributed by atoms with Crippen molar-refractivity contribution < 1.29 is 0 Å². The second-order valence-corrected chi connectivity index (χ2v) is 5.99. The molecule has 1 atom stereocenters. The lowest BCUT2D eigenvalue weighted by molar-refractivity contribution is 0.675. The highest BCUT2D eigenvalue weighted by Gasteiger charge is 2.05. The molecular weight excluding hydrogens is 222 g/mol. The topological polar surface area (TPSA) is 51.8 Å². The largest absolute Gasteiger partial charge is 0.330 e. The summed E-state index contributed by atoms with van der Waals surface area (Å²) in [7, 11) is 0. The van der Waals surface area contributed by atoms with Crippen molar-refractivity contribution in [3.05, 3.63) is 0 Å². The van der Waals surface area contributed by atoms with Crippen molar-refractivity contribution in [2.75, 3.05) is 18.6 Å². The fourth-order valence-electron chi connectivity index (χ4n) is 0.620. The van der Waals surface area contributed by atoms with Crippen molar-refractivity contribution in [2.45, 2.75) is 15.6 Å². The van der Waals surface area contributed by atoms with Crippen LogP contribution in [0.4, 0.5) is 0 Å². The molecule has 0 bridgehead atoms. The summed E-state index contributed by atoms with van der Waals surface area (Å²) in [5.41, 5.74) is 5.52. The molecule has 6 heteroatoms. The Kier molecular flexibility index (Phi) is 5.08. The fourth-order valence-corrected chi connectivity index (χ4v) is 3.12. The Bertz CT molecular complexity index is 251. The number of nitrogens with two attached hydrogens (primary N) is 1. The van der Waals surface area contributed by atoms with Crippen molar-refractivity contribution in [3.8, 4) is 0 Å². The third-order valence-electron chi connectivity index (χ3n) is 1.46. The van der Waals surface area contributed by atoms with E-state index in [1.54, 1.807) is 34.9 Å². The van der Waals surface area contributed by atoms with Gasteiger partial charge in [-0.15, -0.1) is 10.2 Å². The predicted molar refractivity (Wildman–Crippen MR) is 60.6 cm³/mol. The maximum Gasteiger partial charge on any atom is 0.175 e. The Balaban J connectivity index is 2.36. The average molecular weight is 235 g/mol. The van der Waals surface area contributed by atoms with E-state index in [1.165, 1.54) is 0 Å². The molecule has 0 fully saturated rings. The molecule has 0 amide bonds. The quantitative estimate of drug-likeness (QED) is 0.791. The molecule has 1 aromatic heterocycles. The molecule has 13 heavy (non-hydrogen) atoms. The summed E-state index contributed by atoms with van der Waals surface area (Å²) < 4.78 is 2.08. The summed E-state index contributed by atoms with van der Waals surface area (Å²) >= 11 is 5.03. The van der Waals surface area contributed by atoms with E-state index in [9.17, 15) is 0 Å². The molecule has 1 unspecified atom stereocenters. The minimum atomic E-state index is 0.548. The van der Waals surface area contributed by atoms with E-state index < -0.39 is 0 Å². The molecule has 0 aliphatic carbocycles. The Morgan fingerprint density at radius 3 is 2.69 bits per heavy atom. The molecule has 0 radical (unpaired) electrons. The summed E-state index contributed by atoms with van der Waals surface area (Å²) in [5.74, 6) is 1.58. The minimum Gasteiger partial charge on any atom is -0.330 e. The first kappa shape index (κ1) is 11.3. The highest BCUT2D eigenvalue weighted by molar-refractivity contribution is 8.02. The lowest BCUT2D eigenvalue weighted by atomic mass is 10.2. The van der Waals surface area contributed by atoms with E-state index in [-0.39, 0.29) is 0 Å². The molecule has 0 aliphatic heterocycles. The molecule has 0 saturated carbocycles. The zero-order chi connectivity index (χ0) is 9.68. The second kappa shape index (κ2) is 5.85. The third-order valence-corrected chi connectivity index (χ3v) is 4.82. The lowest BCUT2D eigenvalue weighted by Crippen LogP contribution is -2.12. The van der Waals surface area contributed by atoms with Gasteiger partial charge in [0.2, 0.25) is 0 Å². The summed E-state index contributed by atoms with van der Waals surface area (Å²) in [4.78, 5) is 0. The summed E-state index contributed by atoms with van der Waals surface area (Å²) in [6.45, 7) is 2.88. The van der Waals surface area contributed by atoms with Gasteiger partial charge in [0.15, 0.2) is 8.68 Å². The van der Waals surface area contributed by atoms with E-state index in [0.717, 1.165) is 21.0 Å². The molecule has 1 aromatic rings. The molecule has 1 heterocycles. The van der Waals surface area contributed by atoms with E-state index in [0.29, 0.717) is 5.92 Å². The van der Waals surface area contributed by atoms with Gasteiger partial charge >= 0.3 is 0 Å². The van der Waals surface area contributed by atoms with Gasteiger partial charge in [0, 0.05) is 5.75 Å². The zero-order valence-corrected chi connectivity index (χ0v) is 10.1. The third kappa shape index (κ3) is 3.84. The van der Waals surface area contributed by atoms with Crippen LogP contribution in [0.3, 0.4) is 0 Å². The number of rotatable bonds is 5. The molecule has 3 nitrogen and oxygen atoms in total. The van der Waals surface area contributed by atoms with Crippen molar-refractivity contribution in [1.29, 1.82) is 0 Å². The van der Waals surface area contributed by atoms with Crippen LogP contribution in [0.5, 0.6) is 0 Å². The van der Waals surface area contributed by atoms with Crippen molar-refractivity contribution >= 4 is 34.9 Å². The van der Waals surface area contributed by atoms with Crippen LogP contribution >= 0.6 is 34.9 Å². The number of thioether (sulfide) groups is 2. The van der Waals surface area contributed by atoms with Gasteiger partial charge in [-0.2, -0.15) is 0 Å². The predicted octanol–water partition coefficient (Wildman–Crippen LogP) is 1.95. The summed E-state index contributed by atoms with van der Waals surface area (Å²) in [6.07, 6.45) is 2.01. The Hall–Kier alpha value is 0.220. The number of nitrogens with zero attached hydrogens (tertiary/aromatic N) is 2. The Labute approximate surface area is 90.9 Å². The number of aromatic nitrogens is 2. The summed E-state index contributed by atoms with van der Waals surface area (Å²) in [5, 5.41) is 8.08. The normalized spacial score (nSPS) is 13.2. The lowest BCUT2D eigenvalue weighted by Gasteiger charge is -2.03. The SMILES string of the molecule is CSc1nnc(SCC(C)CN)s1. The Morgan fingerprint density at radius 2 is 2.15 bits per heavy atom. The van der Waals surface area contributed by atoms with Crippen molar-refractivity contribution in [2.24, 2.45) is 11.7 Å². The van der Waals surface area contributed by atoms with Gasteiger partial charge in [0.25, 0.3) is 0 Å². The summed E-state index contributed by atoms with van der Waals surface area (Å²) in [6, 6.07) is 0. The van der Waals surface area contributed by atoms with Crippen LogP contribution in [0.15, 0.2) is 8.68 Å².